The zero-order chi connectivity index (χ0) is 11.7. The van der Waals surface area contributed by atoms with Gasteiger partial charge in [0.05, 0.1) is 7.59 Å². The second-order valence-electron chi connectivity index (χ2n) is 4.90. The van der Waals surface area contributed by atoms with E-state index in [2.05, 4.69) is 71.9 Å². The van der Waals surface area contributed by atoms with Crippen LogP contribution in [0.15, 0.2) is 28.7 Å². The Kier molecular flexibility index (Phi) is 3.65. The van der Waals surface area contributed by atoms with Gasteiger partial charge in [-0.15, -0.1) is 12.0 Å². The molecular formula is C12H17BrSi2. The Morgan fingerprint density at radius 1 is 1.07 bits per heavy atom. The molecule has 0 N–H and O–H groups in total. The third-order valence-electron chi connectivity index (χ3n) is 3.49. The van der Waals surface area contributed by atoms with E-state index in [9.17, 15) is 0 Å². The molecule has 80 valence electrons. The summed E-state index contributed by atoms with van der Waals surface area (Å²) in [5.74, 6) is 0. The molecule has 3 heteroatoms. The van der Waals surface area contributed by atoms with Crippen molar-refractivity contribution in [3.63, 3.8) is 0 Å². The van der Waals surface area contributed by atoms with Crippen LogP contribution in [0.5, 0.6) is 0 Å². The molecule has 0 radical (unpaired) electrons. The van der Waals surface area contributed by atoms with Gasteiger partial charge in [0, 0.05) is 4.47 Å². The van der Waals surface area contributed by atoms with E-state index >= 15 is 0 Å². The lowest BCUT2D eigenvalue weighted by atomic mass is 10.4. The van der Waals surface area contributed by atoms with Gasteiger partial charge in [-0.3, -0.25) is 0 Å². The van der Waals surface area contributed by atoms with Crippen molar-refractivity contribution in [3.05, 3.63) is 28.7 Å². The second-order valence-corrected chi connectivity index (χ2v) is 20.7. The zero-order valence-electron chi connectivity index (χ0n) is 9.76. The predicted octanol–water partition coefficient (Wildman–Crippen LogP) is 3.32. The van der Waals surface area contributed by atoms with Crippen LogP contribution < -0.4 is 5.19 Å². The van der Waals surface area contributed by atoms with Crippen LogP contribution >= 0.6 is 15.9 Å². The van der Waals surface area contributed by atoms with Crippen molar-refractivity contribution in [2.24, 2.45) is 0 Å². The maximum absolute atomic E-state index is 5.70. The normalized spacial score (nSPS) is 12.3. The quantitative estimate of drug-likeness (QED) is 0.580. The van der Waals surface area contributed by atoms with Gasteiger partial charge in [0.15, 0.2) is 0 Å². The Morgan fingerprint density at radius 2 is 1.53 bits per heavy atom. The van der Waals surface area contributed by atoms with Crippen LogP contribution in [0.2, 0.25) is 26.2 Å². The molecule has 1 aromatic rings. The summed E-state index contributed by atoms with van der Waals surface area (Å²) in [6.07, 6.45) is 5.70. The molecule has 0 aliphatic carbocycles. The van der Waals surface area contributed by atoms with E-state index in [4.69, 9.17) is 6.42 Å². The minimum atomic E-state index is -1.51. The van der Waals surface area contributed by atoms with Gasteiger partial charge in [-0.25, -0.2) is 0 Å². The largest absolute Gasteiger partial charge is 0.138 e. The van der Waals surface area contributed by atoms with E-state index in [0.717, 1.165) is 4.47 Å². The Balaban J connectivity index is 3.18. The SMILES string of the molecule is C#C[Si](C)(C)[Si](C)(C)c1ccc(Br)cc1. The van der Waals surface area contributed by atoms with Crippen LogP contribution in [0, 0.1) is 12.0 Å². The summed E-state index contributed by atoms with van der Waals surface area (Å²) in [4.78, 5) is 0. The van der Waals surface area contributed by atoms with Crippen molar-refractivity contribution < 1.29 is 0 Å². The van der Waals surface area contributed by atoms with E-state index in [1.807, 2.05) is 0 Å². The van der Waals surface area contributed by atoms with Gasteiger partial charge < -0.3 is 0 Å². The first-order valence-corrected chi connectivity index (χ1v) is 12.8. The molecule has 0 saturated heterocycles. The van der Waals surface area contributed by atoms with Gasteiger partial charge in [-0.1, -0.05) is 59.4 Å². The Bertz CT molecular complexity index is 385. The number of hydrogen-bond acceptors (Lipinski definition) is 0. The average molecular weight is 297 g/mol. The highest BCUT2D eigenvalue weighted by atomic mass is 79.9. The average Bonchev–Trinajstić information content (AvgIpc) is 2.18. The van der Waals surface area contributed by atoms with E-state index < -0.39 is 15.2 Å². The standard InChI is InChI=1S/C12H17BrSi2/c1-6-14(2,3)15(4,5)12-9-7-11(13)8-10-12/h1,7-10H,2-5H3. The lowest BCUT2D eigenvalue weighted by molar-refractivity contribution is 1.66. The van der Waals surface area contributed by atoms with Crippen molar-refractivity contribution >= 4 is 36.3 Å². The second kappa shape index (κ2) is 4.28. The smallest absolute Gasteiger partial charge is 0.128 e. The molecule has 0 bridgehead atoms. The van der Waals surface area contributed by atoms with E-state index in [0.29, 0.717) is 0 Å². The third kappa shape index (κ3) is 2.44. The fourth-order valence-corrected chi connectivity index (χ4v) is 7.50. The van der Waals surface area contributed by atoms with Crippen LogP contribution in [0.25, 0.3) is 0 Å². The van der Waals surface area contributed by atoms with Gasteiger partial charge in [0.1, 0.15) is 7.59 Å². The topological polar surface area (TPSA) is 0 Å². The maximum Gasteiger partial charge on any atom is 0.128 e. The van der Waals surface area contributed by atoms with Crippen molar-refractivity contribution in [1.29, 1.82) is 0 Å². The van der Waals surface area contributed by atoms with Crippen LogP contribution in [-0.4, -0.2) is 15.2 Å². The summed E-state index contributed by atoms with van der Waals surface area (Å²) in [6.45, 7) is 9.40. The molecule has 0 atom stereocenters. The van der Waals surface area contributed by atoms with Crippen LogP contribution in [0.4, 0.5) is 0 Å². The summed E-state index contributed by atoms with van der Waals surface area (Å²) >= 11 is 3.47. The van der Waals surface area contributed by atoms with Crippen molar-refractivity contribution in [3.8, 4) is 12.0 Å². The molecule has 0 aliphatic heterocycles. The Labute approximate surface area is 103 Å². The predicted molar refractivity (Wildman–Crippen MR) is 77.6 cm³/mol. The number of hydrogen-bond donors (Lipinski definition) is 0. The molecule has 15 heavy (non-hydrogen) atoms. The van der Waals surface area contributed by atoms with Crippen molar-refractivity contribution in [1.82, 2.24) is 0 Å². The number of benzene rings is 1. The van der Waals surface area contributed by atoms with Crippen molar-refractivity contribution in [2.45, 2.75) is 26.2 Å². The van der Waals surface area contributed by atoms with Gasteiger partial charge in [-0.2, -0.15) is 0 Å². The number of rotatable bonds is 2. The first-order valence-electron chi connectivity index (χ1n) is 5.05. The lowest BCUT2D eigenvalue weighted by Crippen LogP contribution is -2.62. The Hall–Kier alpha value is -0.306. The van der Waals surface area contributed by atoms with Crippen LogP contribution in [-0.2, 0) is 0 Å². The molecular weight excluding hydrogens is 280 g/mol. The monoisotopic (exact) mass is 296 g/mol. The fourth-order valence-electron chi connectivity index (χ4n) is 1.41. The zero-order valence-corrected chi connectivity index (χ0v) is 13.4. The number of terminal acetylenes is 1. The maximum atomic E-state index is 5.70. The molecule has 0 nitrogen and oxygen atoms in total. The van der Waals surface area contributed by atoms with Crippen LogP contribution in [0.3, 0.4) is 0 Å². The first kappa shape index (κ1) is 12.8. The highest BCUT2D eigenvalue weighted by Gasteiger charge is 2.41. The summed E-state index contributed by atoms with van der Waals surface area (Å²) in [5, 5.41) is 1.47. The van der Waals surface area contributed by atoms with Gasteiger partial charge >= 0.3 is 0 Å². The first-order chi connectivity index (χ1) is 6.81. The summed E-state index contributed by atoms with van der Waals surface area (Å²) in [5.41, 5.74) is 3.08. The lowest BCUT2D eigenvalue weighted by Gasteiger charge is -2.34. The molecule has 0 heterocycles. The number of halogens is 1. The Morgan fingerprint density at radius 3 is 1.93 bits per heavy atom. The molecule has 0 fully saturated rings. The molecule has 0 saturated carbocycles. The minimum absolute atomic E-state index is 1.14. The van der Waals surface area contributed by atoms with E-state index in [1.165, 1.54) is 5.19 Å². The molecule has 1 aromatic carbocycles. The van der Waals surface area contributed by atoms with Crippen LogP contribution in [0.1, 0.15) is 0 Å². The summed E-state index contributed by atoms with van der Waals surface area (Å²) < 4.78 is 1.14. The molecule has 1 rings (SSSR count). The third-order valence-corrected chi connectivity index (χ3v) is 20.3. The van der Waals surface area contributed by atoms with Gasteiger partial charge in [0.25, 0.3) is 0 Å². The van der Waals surface area contributed by atoms with E-state index in [1.54, 1.807) is 0 Å². The molecule has 0 amide bonds. The molecule has 0 unspecified atom stereocenters. The highest BCUT2D eigenvalue weighted by Crippen LogP contribution is 2.19. The van der Waals surface area contributed by atoms with Crippen molar-refractivity contribution in [2.75, 3.05) is 0 Å². The van der Waals surface area contributed by atoms with Gasteiger partial charge in [-0.05, 0) is 12.1 Å². The minimum Gasteiger partial charge on any atom is -0.138 e. The van der Waals surface area contributed by atoms with E-state index in [-0.39, 0.29) is 0 Å². The highest BCUT2D eigenvalue weighted by molar-refractivity contribution is 9.10. The molecule has 0 aliphatic rings. The summed E-state index contributed by atoms with van der Waals surface area (Å²) in [7, 11) is -2.96. The molecule has 0 spiro atoms. The van der Waals surface area contributed by atoms with Gasteiger partial charge in [0.2, 0.25) is 0 Å². The summed E-state index contributed by atoms with van der Waals surface area (Å²) in [6, 6.07) is 8.68. The fraction of sp³-hybridized carbons (Fsp3) is 0.333. The molecule has 0 aromatic heterocycles.